The third kappa shape index (κ3) is 3.37. The summed E-state index contributed by atoms with van der Waals surface area (Å²) in [5.41, 5.74) is 0.378. The maximum absolute atomic E-state index is 11.3. The Hall–Kier alpha value is -1.86. The van der Waals surface area contributed by atoms with Gasteiger partial charge in [-0.2, -0.15) is 4.98 Å². The molecule has 2 heterocycles. The number of hydrogen-bond acceptors (Lipinski definition) is 5. The molecule has 2 aromatic heterocycles. The molecule has 0 amide bonds. The van der Waals surface area contributed by atoms with Crippen LogP contribution in [0.3, 0.4) is 0 Å². The molecule has 0 saturated heterocycles. The summed E-state index contributed by atoms with van der Waals surface area (Å²) in [6.07, 6.45) is 1.56. The summed E-state index contributed by atoms with van der Waals surface area (Å²) in [5, 5.41) is 9.88. The number of carboxylic acid groups (broad SMARTS) is 1. The van der Waals surface area contributed by atoms with Gasteiger partial charge in [-0.15, -0.1) is 0 Å². The molecule has 0 fully saturated rings. The van der Waals surface area contributed by atoms with Crippen molar-refractivity contribution in [1.29, 1.82) is 0 Å². The van der Waals surface area contributed by atoms with Crippen LogP contribution in [0.15, 0.2) is 28.2 Å². The van der Waals surface area contributed by atoms with Crippen LogP contribution in [0.2, 0.25) is 5.02 Å². The van der Waals surface area contributed by atoms with E-state index in [1.54, 1.807) is 18.3 Å². The molecule has 0 atom stereocenters. The number of thioether (sulfide) groups is 1. The molecule has 2 aromatic rings. The Morgan fingerprint density at radius 1 is 1.55 bits per heavy atom. The van der Waals surface area contributed by atoms with Crippen LogP contribution < -0.4 is 5.69 Å². The van der Waals surface area contributed by atoms with Gasteiger partial charge in [0.15, 0.2) is 0 Å². The van der Waals surface area contributed by atoms with Crippen LogP contribution in [0, 0.1) is 6.92 Å². The van der Waals surface area contributed by atoms with E-state index in [2.05, 4.69) is 15.0 Å². The van der Waals surface area contributed by atoms with Gasteiger partial charge in [-0.25, -0.2) is 9.59 Å². The first-order valence-electron chi connectivity index (χ1n) is 5.55. The SMILES string of the molecule is Cc1[nH]c(=O)nc(SCc2cc(Cl)ccn2)c1C(=O)O. The summed E-state index contributed by atoms with van der Waals surface area (Å²) in [4.78, 5) is 32.7. The van der Waals surface area contributed by atoms with Crippen LogP contribution in [-0.2, 0) is 5.75 Å². The first-order valence-corrected chi connectivity index (χ1v) is 6.91. The number of pyridine rings is 1. The molecule has 8 heteroatoms. The third-order valence-electron chi connectivity index (χ3n) is 2.44. The Labute approximate surface area is 123 Å². The first-order chi connectivity index (χ1) is 9.47. The number of hydrogen-bond donors (Lipinski definition) is 2. The van der Waals surface area contributed by atoms with Gasteiger partial charge in [0.25, 0.3) is 0 Å². The lowest BCUT2D eigenvalue weighted by molar-refractivity contribution is 0.0690. The van der Waals surface area contributed by atoms with Gasteiger partial charge in [0, 0.05) is 22.7 Å². The number of rotatable bonds is 4. The van der Waals surface area contributed by atoms with Crippen molar-refractivity contribution in [2.24, 2.45) is 0 Å². The number of carbonyl (C=O) groups is 1. The van der Waals surface area contributed by atoms with Crippen LogP contribution in [0.1, 0.15) is 21.7 Å². The molecule has 2 N–H and O–H groups in total. The number of aryl methyl sites for hydroxylation is 1. The van der Waals surface area contributed by atoms with E-state index in [9.17, 15) is 9.59 Å². The number of aromatic carboxylic acids is 1. The smallest absolute Gasteiger partial charge is 0.346 e. The Morgan fingerprint density at radius 2 is 2.30 bits per heavy atom. The van der Waals surface area contributed by atoms with E-state index < -0.39 is 11.7 Å². The normalized spacial score (nSPS) is 10.5. The van der Waals surface area contributed by atoms with E-state index in [1.807, 2.05) is 0 Å². The van der Waals surface area contributed by atoms with Gasteiger partial charge in [0.05, 0.1) is 5.69 Å². The molecule has 0 aromatic carbocycles. The van der Waals surface area contributed by atoms with E-state index >= 15 is 0 Å². The number of aromatic amines is 1. The number of H-pyrrole nitrogens is 1. The Balaban J connectivity index is 2.29. The molecular weight excluding hydrogens is 302 g/mol. The average Bonchev–Trinajstić information content (AvgIpc) is 2.35. The Kier molecular flexibility index (Phi) is 4.41. The van der Waals surface area contributed by atoms with Crippen molar-refractivity contribution in [3.05, 3.63) is 50.8 Å². The molecule has 2 rings (SSSR count). The topological polar surface area (TPSA) is 95.9 Å². The zero-order valence-electron chi connectivity index (χ0n) is 10.4. The fourth-order valence-corrected chi connectivity index (χ4v) is 2.74. The van der Waals surface area contributed by atoms with Gasteiger partial charge in [-0.1, -0.05) is 23.4 Å². The first kappa shape index (κ1) is 14.5. The second-order valence-electron chi connectivity index (χ2n) is 3.91. The van der Waals surface area contributed by atoms with Gasteiger partial charge in [-0.3, -0.25) is 4.98 Å². The minimum absolute atomic E-state index is 0.00312. The van der Waals surface area contributed by atoms with Crippen molar-refractivity contribution < 1.29 is 9.90 Å². The lowest BCUT2D eigenvalue weighted by Gasteiger charge is -2.06. The lowest BCUT2D eigenvalue weighted by Crippen LogP contribution is -2.18. The quantitative estimate of drug-likeness (QED) is 0.663. The minimum Gasteiger partial charge on any atom is -0.478 e. The summed E-state index contributed by atoms with van der Waals surface area (Å²) in [5.74, 6) is -0.760. The second-order valence-corrected chi connectivity index (χ2v) is 5.31. The minimum atomic E-state index is -1.13. The molecule has 20 heavy (non-hydrogen) atoms. The van der Waals surface area contributed by atoms with E-state index in [-0.39, 0.29) is 16.3 Å². The number of halogens is 1. The molecule has 0 spiro atoms. The predicted molar refractivity (Wildman–Crippen MR) is 75.4 cm³/mol. The van der Waals surface area contributed by atoms with Gasteiger partial charge >= 0.3 is 11.7 Å². The Bertz CT molecular complexity index is 717. The summed E-state index contributed by atoms with van der Waals surface area (Å²) in [6, 6.07) is 3.32. The van der Waals surface area contributed by atoms with Crippen molar-refractivity contribution in [3.63, 3.8) is 0 Å². The van der Waals surface area contributed by atoms with Crippen molar-refractivity contribution in [1.82, 2.24) is 15.0 Å². The van der Waals surface area contributed by atoms with E-state index in [4.69, 9.17) is 16.7 Å². The predicted octanol–water partition coefficient (Wildman–Crippen LogP) is 2.12. The maximum atomic E-state index is 11.3. The monoisotopic (exact) mass is 311 g/mol. The summed E-state index contributed by atoms with van der Waals surface area (Å²) < 4.78 is 0. The van der Waals surface area contributed by atoms with Crippen LogP contribution in [0.4, 0.5) is 0 Å². The summed E-state index contributed by atoms with van der Waals surface area (Å²) in [6.45, 7) is 1.52. The number of nitrogens with zero attached hydrogens (tertiary/aromatic N) is 2. The average molecular weight is 312 g/mol. The van der Waals surface area contributed by atoms with Crippen molar-refractivity contribution >= 4 is 29.3 Å². The third-order valence-corrected chi connectivity index (χ3v) is 3.68. The highest BCUT2D eigenvalue weighted by molar-refractivity contribution is 7.98. The molecule has 0 aliphatic rings. The van der Waals surface area contributed by atoms with Gasteiger partial charge < -0.3 is 10.1 Å². The second kappa shape index (κ2) is 6.06. The molecule has 0 bridgehead atoms. The molecular formula is C12H10ClN3O3S. The standard InChI is InChI=1S/C12H10ClN3O3S/c1-6-9(11(17)18)10(16-12(19)15-6)20-5-8-4-7(13)2-3-14-8/h2-4H,5H2,1H3,(H,17,18)(H,15,16,19). The van der Waals surface area contributed by atoms with Crippen LogP contribution in [-0.4, -0.2) is 26.0 Å². The van der Waals surface area contributed by atoms with Crippen LogP contribution >= 0.6 is 23.4 Å². The molecule has 0 aliphatic carbocycles. The van der Waals surface area contributed by atoms with Crippen molar-refractivity contribution in [2.75, 3.05) is 0 Å². The van der Waals surface area contributed by atoms with E-state index in [0.717, 1.165) is 11.8 Å². The van der Waals surface area contributed by atoms with E-state index in [1.165, 1.54) is 6.92 Å². The lowest BCUT2D eigenvalue weighted by atomic mass is 10.2. The highest BCUT2D eigenvalue weighted by Crippen LogP contribution is 2.24. The zero-order chi connectivity index (χ0) is 14.7. The molecule has 104 valence electrons. The fourth-order valence-electron chi connectivity index (χ4n) is 1.59. The molecule has 0 unspecified atom stereocenters. The van der Waals surface area contributed by atoms with Gasteiger partial charge in [0.1, 0.15) is 10.6 Å². The van der Waals surface area contributed by atoms with Gasteiger partial charge in [-0.05, 0) is 19.1 Å². The number of nitrogens with one attached hydrogen (secondary N) is 1. The largest absolute Gasteiger partial charge is 0.478 e. The van der Waals surface area contributed by atoms with E-state index in [0.29, 0.717) is 16.5 Å². The van der Waals surface area contributed by atoms with Crippen molar-refractivity contribution in [3.8, 4) is 0 Å². The summed E-state index contributed by atoms with van der Waals surface area (Å²) >= 11 is 6.98. The number of carboxylic acids is 1. The highest BCUT2D eigenvalue weighted by Gasteiger charge is 2.17. The van der Waals surface area contributed by atoms with Gasteiger partial charge in [0.2, 0.25) is 0 Å². The fraction of sp³-hybridized carbons (Fsp3) is 0.167. The zero-order valence-corrected chi connectivity index (χ0v) is 12.0. The highest BCUT2D eigenvalue weighted by atomic mass is 35.5. The van der Waals surface area contributed by atoms with Crippen LogP contribution in [0.5, 0.6) is 0 Å². The molecule has 0 radical (unpaired) electrons. The molecule has 0 aliphatic heterocycles. The van der Waals surface area contributed by atoms with Crippen LogP contribution in [0.25, 0.3) is 0 Å². The molecule has 0 saturated carbocycles. The maximum Gasteiger partial charge on any atom is 0.346 e. The Morgan fingerprint density at radius 3 is 2.95 bits per heavy atom. The van der Waals surface area contributed by atoms with Crippen molar-refractivity contribution in [2.45, 2.75) is 17.7 Å². The molecule has 6 nitrogen and oxygen atoms in total. The summed E-state index contributed by atoms with van der Waals surface area (Å²) in [7, 11) is 0. The number of aromatic nitrogens is 3.